The number of carbonyl (C=O) groups excluding carboxylic acids is 2. The molecule has 1 aliphatic rings. The summed E-state index contributed by atoms with van der Waals surface area (Å²) in [6, 6.07) is 21.1. The van der Waals surface area contributed by atoms with Crippen molar-refractivity contribution < 1.29 is 22.4 Å². The quantitative estimate of drug-likeness (QED) is 0.266. The minimum absolute atomic E-state index is 0.0662. The molecule has 0 spiro atoms. The van der Waals surface area contributed by atoms with Gasteiger partial charge in [0, 0.05) is 68.1 Å². The molecule has 2 aromatic heterocycles. The molecule has 3 aromatic carbocycles. The number of hydrogen-bond donors (Lipinski definition) is 1. The summed E-state index contributed by atoms with van der Waals surface area (Å²) >= 11 is 0. The third kappa shape index (κ3) is 5.13. The average Bonchev–Trinajstić information content (AvgIpc) is 3.56. The lowest BCUT2D eigenvalue weighted by Crippen LogP contribution is -2.40. The summed E-state index contributed by atoms with van der Waals surface area (Å²) in [5.41, 5.74) is 5.43. The zero-order chi connectivity index (χ0) is 31.3. The normalized spacial score (nSPS) is 15.6. The second kappa shape index (κ2) is 11.2. The summed E-state index contributed by atoms with van der Waals surface area (Å²) in [6.07, 6.45) is 2.67. The molecule has 10 heteroatoms. The number of aromatic nitrogens is 1. The molecule has 1 N–H and O–H groups in total. The van der Waals surface area contributed by atoms with Crippen LogP contribution in [0, 0.1) is 6.92 Å². The van der Waals surface area contributed by atoms with Gasteiger partial charge in [-0.15, -0.1) is 0 Å². The number of hydrogen-bond acceptors (Lipinski definition) is 5. The van der Waals surface area contributed by atoms with Crippen molar-refractivity contribution in [2.45, 2.75) is 25.7 Å². The molecule has 1 saturated heterocycles. The maximum Gasteiger partial charge on any atom is 0.270 e. The zero-order valence-electron chi connectivity index (χ0n) is 25.5. The minimum Gasteiger partial charge on any atom is -0.455 e. The van der Waals surface area contributed by atoms with Crippen LogP contribution in [0.4, 0.5) is 5.69 Å². The van der Waals surface area contributed by atoms with E-state index < -0.39 is 10.0 Å². The van der Waals surface area contributed by atoms with E-state index in [0.717, 1.165) is 46.7 Å². The highest BCUT2D eigenvalue weighted by Crippen LogP contribution is 2.42. The number of aryl methyl sites for hydroxylation is 2. The Labute approximate surface area is 257 Å². The molecule has 44 heavy (non-hydrogen) atoms. The fraction of sp³-hybridized carbons (Fsp3) is 0.294. The molecule has 0 radical (unpaired) electrons. The maximum absolute atomic E-state index is 13.9. The molecule has 0 aliphatic carbocycles. The lowest BCUT2D eigenvalue weighted by molar-refractivity contribution is 0.0698. The first-order chi connectivity index (χ1) is 21.0. The van der Waals surface area contributed by atoms with E-state index in [4.69, 9.17) is 4.42 Å². The second-order valence-corrected chi connectivity index (χ2v) is 13.6. The first-order valence-corrected chi connectivity index (χ1v) is 16.5. The van der Waals surface area contributed by atoms with Gasteiger partial charge in [-0.1, -0.05) is 48.0 Å². The fourth-order valence-corrected chi connectivity index (χ4v) is 6.77. The highest BCUT2D eigenvalue weighted by Gasteiger charge is 2.32. The number of benzene rings is 3. The van der Waals surface area contributed by atoms with Crippen molar-refractivity contribution in [3.63, 3.8) is 0 Å². The van der Waals surface area contributed by atoms with Crippen molar-refractivity contribution >= 4 is 49.4 Å². The molecule has 5 aromatic rings. The van der Waals surface area contributed by atoms with E-state index in [9.17, 15) is 18.0 Å². The predicted molar refractivity (Wildman–Crippen MR) is 174 cm³/mol. The highest BCUT2D eigenvalue weighted by atomic mass is 32.2. The molecule has 1 aliphatic heterocycles. The van der Waals surface area contributed by atoms with Crippen LogP contribution in [-0.2, 0) is 17.1 Å². The molecule has 1 atom stereocenters. The molecule has 9 nitrogen and oxygen atoms in total. The first-order valence-electron chi connectivity index (χ1n) is 14.6. The number of nitrogens with zero attached hydrogens (tertiary/aromatic N) is 3. The third-order valence-corrected chi connectivity index (χ3v) is 9.95. The number of sulfonamides is 1. The van der Waals surface area contributed by atoms with E-state index >= 15 is 0 Å². The van der Waals surface area contributed by atoms with Gasteiger partial charge in [-0.05, 0) is 43.5 Å². The molecule has 228 valence electrons. The van der Waals surface area contributed by atoms with E-state index in [-0.39, 0.29) is 17.7 Å². The molecule has 0 saturated carbocycles. The number of fused-ring (bicyclic) bond motifs is 2. The van der Waals surface area contributed by atoms with Crippen molar-refractivity contribution in [2.75, 3.05) is 37.7 Å². The molecule has 0 unspecified atom stereocenters. The van der Waals surface area contributed by atoms with Crippen LogP contribution in [0.5, 0.6) is 0 Å². The SMILES string of the molecule is CNC(=O)c1c(-c2ccc(C)cc2)oc2cc(N(C)S(C)(=O)=O)c([C@@H]3CCCN(C(=O)c4cc5ccccc5n4C)C3)cc12. The number of rotatable bonds is 6. The van der Waals surface area contributed by atoms with Crippen molar-refractivity contribution in [3.05, 3.63) is 89.1 Å². The van der Waals surface area contributed by atoms with Gasteiger partial charge < -0.3 is 19.2 Å². The number of carbonyl (C=O) groups is 2. The van der Waals surface area contributed by atoms with Crippen LogP contribution < -0.4 is 9.62 Å². The van der Waals surface area contributed by atoms with E-state index in [2.05, 4.69) is 5.32 Å². The maximum atomic E-state index is 13.9. The van der Waals surface area contributed by atoms with Gasteiger partial charge in [-0.2, -0.15) is 0 Å². The lowest BCUT2D eigenvalue weighted by Gasteiger charge is -2.35. The van der Waals surface area contributed by atoms with Crippen molar-refractivity contribution in [1.82, 2.24) is 14.8 Å². The zero-order valence-corrected chi connectivity index (χ0v) is 26.4. The Morgan fingerprint density at radius 2 is 1.77 bits per heavy atom. The van der Waals surface area contributed by atoms with Crippen LogP contribution >= 0.6 is 0 Å². The predicted octanol–water partition coefficient (Wildman–Crippen LogP) is 5.68. The number of furan rings is 1. The van der Waals surface area contributed by atoms with Gasteiger partial charge in [0.05, 0.1) is 17.5 Å². The number of piperidine rings is 1. The summed E-state index contributed by atoms with van der Waals surface area (Å²) in [5, 5.41) is 4.33. The van der Waals surface area contributed by atoms with E-state index in [1.165, 1.54) is 11.4 Å². The summed E-state index contributed by atoms with van der Waals surface area (Å²) in [5.74, 6) is -0.115. The summed E-state index contributed by atoms with van der Waals surface area (Å²) in [7, 11) is 1.36. The number of anilines is 1. The number of amides is 2. The topological polar surface area (TPSA) is 105 Å². The van der Waals surface area contributed by atoms with Gasteiger partial charge in [-0.3, -0.25) is 13.9 Å². The third-order valence-electron chi connectivity index (χ3n) is 8.76. The Morgan fingerprint density at radius 3 is 2.45 bits per heavy atom. The Morgan fingerprint density at radius 1 is 1.05 bits per heavy atom. The summed E-state index contributed by atoms with van der Waals surface area (Å²) in [4.78, 5) is 29.0. The molecule has 0 bridgehead atoms. The fourth-order valence-electron chi connectivity index (χ4n) is 6.26. The summed E-state index contributed by atoms with van der Waals surface area (Å²) in [6.45, 7) is 3.00. The molecular weight excluding hydrogens is 576 g/mol. The monoisotopic (exact) mass is 612 g/mol. The van der Waals surface area contributed by atoms with Crippen LogP contribution in [0.3, 0.4) is 0 Å². The second-order valence-electron chi connectivity index (χ2n) is 11.6. The molecule has 1 fully saturated rings. The number of para-hydroxylation sites is 1. The standard InChI is InChI=1S/C34H36N4O5S/c1-21-12-14-22(15-13-21)32-31(33(39)35-2)26-18-25(28(19-30(26)43-32)37(4)44(5,41)42)24-10-8-16-38(20-24)34(40)29-17-23-9-6-7-11-27(23)36(29)3/h6-7,9,11-15,17-19,24H,8,10,16,20H2,1-5H3,(H,35,39)/t24-/m1/s1. The Balaban J connectivity index is 1.47. The summed E-state index contributed by atoms with van der Waals surface area (Å²) < 4.78 is 35.1. The smallest absolute Gasteiger partial charge is 0.270 e. The van der Waals surface area contributed by atoms with E-state index in [1.54, 1.807) is 13.1 Å². The minimum atomic E-state index is -3.63. The van der Waals surface area contributed by atoms with Crippen molar-refractivity contribution in [3.8, 4) is 11.3 Å². The Hall–Kier alpha value is -4.57. The van der Waals surface area contributed by atoms with E-state index in [0.29, 0.717) is 46.8 Å². The van der Waals surface area contributed by atoms with Gasteiger partial charge in [-0.25, -0.2) is 8.42 Å². The van der Waals surface area contributed by atoms with Crippen LogP contribution in [0.1, 0.15) is 50.7 Å². The number of likely N-dealkylation sites (tertiary alicyclic amines) is 1. The van der Waals surface area contributed by atoms with Gasteiger partial charge >= 0.3 is 0 Å². The van der Waals surface area contributed by atoms with Crippen LogP contribution in [0.25, 0.3) is 33.2 Å². The molecule has 2 amide bonds. The Kier molecular flexibility index (Phi) is 7.49. The van der Waals surface area contributed by atoms with Crippen LogP contribution in [-0.4, -0.2) is 63.1 Å². The van der Waals surface area contributed by atoms with Gasteiger partial charge in [0.25, 0.3) is 11.8 Å². The van der Waals surface area contributed by atoms with Crippen molar-refractivity contribution in [1.29, 1.82) is 0 Å². The van der Waals surface area contributed by atoms with Gasteiger partial charge in [0.15, 0.2) is 0 Å². The first kappa shape index (κ1) is 29.5. The molecular formula is C34H36N4O5S. The largest absolute Gasteiger partial charge is 0.455 e. The van der Waals surface area contributed by atoms with E-state index in [1.807, 2.05) is 84.1 Å². The number of nitrogens with one attached hydrogen (secondary N) is 1. The average molecular weight is 613 g/mol. The van der Waals surface area contributed by atoms with Crippen LogP contribution in [0.15, 0.2) is 71.1 Å². The molecule has 6 rings (SSSR count). The van der Waals surface area contributed by atoms with Gasteiger partial charge in [0.1, 0.15) is 17.0 Å². The molecule has 3 heterocycles. The highest BCUT2D eigenvalue weighted by molar-refractivity contribution is 7.92. The van der Waals surface area contributed by atoms with Gasteiger partial charge in [0.2, 0.25) is 10.0 Å². The lowest BCUT2D eigenvalue weighted by atomic mass is 9.88. The van der Waals surface area contributed by atoms with Crippen LogP contribution in [0.2, 0.25) is 0 Å². The van der Waals surface area contributed by atoms with Crippen molar-refractivity contribution in [2.24, 2.45) is 7.05 Å². The Bertz CT molecular complexity index is 2020.